The van der Waals surface area contributed by atoms with E-state index in [1.165, 1.54) is 5.57 Å². The number of nitrogens with one attached hydrogen (secondary N) is 2. The van der Waals surface area contributed by atoms with Gasteiger partial charge in [-0.3, -0.25) is 9.78 Å². The van der Waals surface area contributed by atoms with E-state index in [1.54, 1.807) is 19.3 Å². The van der Waals surface area contributed by atoms with Gasteiger partial charge in [-0.15, -0.1) is 0 Å². The molecule has 1 aromatic rings. The van der Waals surface area contributed by atoms with Crippen molar-refractivity contribution in [3.05, 3.63) is 35.7 Å². The number of carbonyl (C=O) groups excluding carboxylic acids is 1. The van der Waals surface area contributed by atoms with Crippen LogP contribution in [0.3, 0.4) is 0 Å². The lowest BCUT2D eigenvalue weighted by molar-refractivity contribution is 0.0958. The predicted molar refractivity (Wildman–Crippen MR) is 63.1 cm³/mol. The minimum Gasteiger partial charge on any atom is -0.354 e. The molecule has 1 amide bonds. The van der Waals surface area contributed by atoms with Crippen molar-refractivity contribution in [2.75, 3.05) is 20.1 Å². The van der Waals surface area contributed by atoms with E-state index < -0.39 is 0 Å². The van der Waals surface area contributed by atoms with Crippen LogP contribution in [-0.2, 0) is 0 Å². The first-order valence-corrected chi connectivity index (χ1v) is 5.39. The van der Waals surface area contributed by atoms with Crippen molar-refractivity contribution in [2.45, 2.75) is 6.42 Å². The zero-order chi connectivity index (χ0) is 11.4. The van der Waals surface area contributed by atoms with E-state index in [2.05, 4.69) is 21.7 Å². The first-order valence-electron chi connectivity index (χ1n) is 5.39. The second-order valence-electron chi connectivity index (χ2n) is 3.69. The number of pyridine rings is 1. The molecule has 1 aromatic heterocycles. The fraction of sp³-hybridized carbons (Fsp3) is 0.333. The van der Waals surface area contributed by atoms with Gasteiger partial charge in [0.05, 0.1) is 0 Å². The highest BCUT2D eigenvalue weighted by molar-refractivity contribution is 5.92. The van der Waals surface area contributed by atoms with Gasteiger partial charge in [-0.25, -0.2) is 0 Å². The molecule has 0 aliphatic carbocycles. The Morgan fingerprint density at radius 2 is 2.38 bits per heavy atom. The molecule has 1 aliphatic rings. The summed E-state index contributed by atoms with van der Waals surface area (Å²) in [5.41, 5.74) is 2.87. The first kappa shape index (κ1) is 10.8. The summed E-state index contributed by atoms with van der Waals surface area (Å²) in [6.45, 7) is 1.91. The number of nitrogens with zero attached hydrogens (tertiary/aromatic N) is 1. The van der Waals surface area contributed by atoms with E-state index in [-0.39, 0.29) is 5.91 Å². The first-order chi connectivity index (χ1) is 7.81. The Hall–Kier alpha value is -1.68. The van der Waals surface area contributed by atoms with Gasteiger partial charge in [0.2, 0.25) is 0 Å². The Kier molecular flexibility index (Phi) is 3.31. The summed E-state index contributed by atoms with van der Waals surface area (Å²) in [6, 6.07) is 3.71. The third-order valence-corrected chi connectivity index (χ3v) is 2.66. The largest absolute Gasteiger partial charge is 0.354 e. The van der Waals surface area contributed by atoms with Crippen LogP contribution in [0, 0.1) is 0 Å². The van der Waals surface area contributed by atoms with E-state index in [0.29, 0.717) is 5.69 Å². The highest BCUT2D eigenvalue weighted by atomic mass is 16.1. The lowest BCUT2D eigenvalue weighted by atomic mass is 10.0. The molecule has 0 atom stereocenters. The monoisotopic (exact) mass is 217 g/mol. The van der Waals surface area contributed by atoms with Gasteiger partial charge in [-0.1, -0.05) is 12.1 Å². The number of hydrogen-bond donors (Lipinski definition) is 2. The highest BCUT2D eigenvalue weighted by Crippen LogP contribution is 2.18. The molecule has 4 nitrogen and oxygen atoms in total. The van der Waals surface area contributed by atoms with Gasteiger partial charge < -0.3 is 10.6 Å². The third-order valence-electron chi connectivity index (χ3n) is 2.66. The molecule has 1 aliphatic heterocycles. The molecule has 0 spiro atoms. The van der Waals surface area contributed by atoms with Gasteiger partial charge in [0, 0.05) is 19.8 Å². The summed E-state index contributed by atoms with van der Waals surface area (Å²) in [6.07, 6.45) is 4.95. The van der Waals surface area contributed by atoms with Gasteiger partial charge in [-0.2, -0.15) is 0 Å². The van der Waals surface area contributed by atoms with Crippen LogP contribution in [0.2, 0.25) is 0 Å². The number of hydrogen-bond acceptors (Lipinski definition) is 3. The van der Waals surface area contributed by atoms with Gasteiger partial charge >= 0.3 is 0 Å². The molecule has 4 heteroatoms. The Bertz CT molecular complexity index is 409. The molecule has 0 saturated carbocycles. The fourth-order valence-corrected chi connectivity index (χ4v) is 1.73. The normalized spacial score (nSPS) is 15.4. The van der Waals surface area contributed by atoms with E-state index >= 15 is 0 Å². The van der Waals surface area contributed by atoms with E-state index in [9.17, 15) is 4.79 Å². The Labute approximate surface area is 94.8 Å². The Morgan fingerprint density at radius 3 is 2.94 bits per heavy atom. The van der Waals surface area contributed by atoms with Crippen molar-refractivity contribution in [3.8, 4) is 0 Å². The van der Waals surface area contributed by atoms with Crippen molar-refractivity contribution >= 4 is 11.5 Å². The molecular formula is C12H15N3O. The van der Waals surface area contributed by atoms with Gasteiger partial charge in [-0.05, 0) is 30.2 Å². The van der Waals surface area contributed by atoms with Crippen molar-refractivity contribution in [1.82, 2.24) is 15.6 Å². The molecule has 84 valence electrons. The van der Waals surface area contributed by atoms with Crippen molar-refractivity contribution in [2.24, 2.45) is 0 Å². The SMILES string of the molecule is CNC(=O)c1ccc(C2=CCNCC2)cn1. The number of carbonyl (C=O) groups is 1. The van der Waals surface area contributed by atoms with Gasteiger partial charge in [0.15, 0.2) is 0 Å². The Morgan fingerprint density at radius 1 is 1.50 bits per heavy atom. The zero-order valence-corrected chi connectivity index (χ0v) is 9.29. The van der Waals surface area contributed by atoms with Crippen LogP contribution in [-0.4, -0.2) is 31.0 Å². The maximum absolute atomic E-state index is 11.3. The van der Waals surface area contributed by atoms with Crippen LogP contribution in [0.5, 0.6) is 0 Å². The quantitative estimate of drug-likeness (QED) is 0.771. The second-order valence-corrected chi connectivity index (χ2v) is 3.69. The number of aromatic nitrogens is 1. The molecule has 0 fully saturated rings. The van der Waals surface area contributed by atoms with E-state index in [1.807, 2.05) is 6.07 Å². The third kappa shape index (κ3) is 2.28. The number of rotatable bonds is 2. The van der Waals surface area contributed by atoms with E-state index in [4.69, 9.17) is 0 Å². The fourth-order valence-electron chi connectivity index (χ4n) is 1.73. The molecule has 0 radical (unpaired) electrons. The van der Waals surface area contributed by atoms with Crippen molar-refractivity contribution in [1.29, 1.82) is 0 Å². The molecule has 0 saturated heterocycles. The van der Waals surface area contributed by atoms with Gasteiger partial charge in [0.1, 0.15) is 5.69 Å². The molecule has 2 heterocycles. The van der Waals surface area contributed by atoms with Crippen LogP contribution < -0.4 is 10.6 Å². The maximum atomic E-state index is 11.3. The smallest absolute Gasteiger partial charge is 0.269 e. The second kappa shape index (κ2) is 4.90. The molecule has 2 N–H and O–H groups in total. The summed E-state index contributed by atoms with van der Waals surface area (Å²) >= 11 is 0. The topological polar surface area (TPSA) is 54.0 Å². The molecule has 2 rings (SSSR count). The van der Waals surface area contributed by atoms with Crippen LogP contribution in [0.15, 0.2) is 24.4 Å². The molecule has 0 bridgehead atoms. The standard InChI is InChI=1S/C12H15N3O/c1-13-12(16)11-3-2-10(8-15-11)9-4-6-14-7-5-9/h2-4,8,14H,5-7H2,1H3,(H,13,16). The van der Waals surface area contributed by atoms with Crippen LogP contribution >= 0.6 is 0 Å². The van der Waals surface area contributed by atoms with Crippen LogP contribution in [0.4, 0.5) is 0 Å². The summed E-state index contributed by atoms with van der Waals surface area (Å²) in [4.78, 5) is 15.5. The summed E-state index contributed by atoms with van der Waals surface area (Å²) in [5.74, 6) is -0.147. The average molecular weight is 217 g/mol. The molecular weight excluding hydrogens is 202 g/mol. The summed E-state index contributed by atoms with van der Waals surface area (Å²) in [5, 5.41) is 5.82. The molecule has 0 unspecified atom stereocenters. The van der Waals surface area contributed by atoms with Crippen molar-refractivity contribution in [3.63, 3.8) is 0 Å². The van der Waals surface area contributed by atoms with Crippen LogP contribution in [0.25, 0.3) is 5.57 Å². The minimum absolute atomic E-state index is 0.147. The maximum Gasteiger partial charge on any atom is 0.269 e. The van der Waals surface area contributed by atoms with Crippen molar-refractivity contribution < 1.29 is 4.79 Å². The highest BCUT2D eigenvalue weighted by Gasteiger charge is 2.08. The minimum atomic E-state index is -0.147. The molecule has 0 aromatic carbocycles. The lowest BCUT2D eigenvalue weighted by Gasteiger charge is -2.13. The summed E-state index contributed by atoms with van der Waals surface area (Å²) in [7, 11) is 1.60. The Balaban J connectivity index is 2.18. The zero-order valence-electron chi connectivity index (χ0n) is 9.29. The predicted octanol–water partition coefficient (Wildman–Crippen LogP) is 0.818. The average Bonchev–Trinajstić information content (AvgIpc) is 2.39. The van der Waals surface area contributed by atoms with Crippen LogP contribution in [0.1, 0.15) is 22.5 Å². The van der Waals surface area contributed by atoms with Gasteiger partial charge in [0.25, 0.3) is 5.91 Å². The number of amides is 1. The molecule has 16 heavy (non-hydrogen) atoms. The lowest BCUT2D eigenvalue weighted by Crippen LogP contribution is -2.20. The van der Waals surface area contributed by atoms with E-state index in [0.717, 1.165) is 25.1 Å². The summed E-state index contributed by atoms with van der Waals surface area (Å²) < 4.78 is 0.